The Bertz CT molecular complexity index is 1090. The number of aryl methyl sites for hydroxylation is 1. The number of halogens is 1. The summed E-state index contributed by atoms with van der Waals surface area (Å²) in [6.07, 6.45) is 5.10. The van der Waals surface area contributed by atoms with Gasteiger partial charge in [0.1, 0.15) is 12.4 Å². The third-order valence-corrected chi connectivity index (χ3v) is 6.94. The molecule has 0 spiro atoms. The molecule has 1 N–H and O–H groups in total. The molecule has 0 unspecified atom stereocenters. The van der Waals surface area contributed by atoms with E-state index in [-0.39, 0.29) is 11.3 Å². The zero-order valence-electron chi connectivity index (χ0n) is 18.6. The van der Waals surface area contributed by atoms with E-state index >= 15 is 0 Å². The summed E-state index contributed by atoms with van der Waals surface area (Å²) in [5, 5.41) is 6.83. The SMILES string of the molecule is Cc1nc(COc2ccc(/C=C/C(=O)NCC3(c4ccc(Cl)cc4)CCOCC3)cc2)cs1. The van der Waals surface area contributed by atoms with Crippen LogP contribution in [0.4, 0.5) is 0 Å². The highest BCUT2D eigenvalue weighted by molar-refractivity contribution is 7.09. The van der Waals surface area contributed by atoms with Crippen molar-refractivity contribution in [3.8, 4) is 5.75 Å². The van der Waals surface area contributed by atoms with Crippen molar-refractivity contribution in [2.75, 3.05) is 19.8 Å². The number of aromatic nitrogens is 1. The molecule has 1 aliphatic rings. The molecule has 4 rings (SSSR count). The molecule has 0 atom stereocenters. The van der Waals surface area contributed by atoms with Gasteiger partial charge in [-0.25, -0.2) is 4.98 Å². The maximum Gasteiger partial charge on any atom is 0.244 e. The number of carbonyl (C=O) groups excluding carboxylic acids is 1. The first-order valence-electron chi connectivity index (χ1n) is 11.0. The topological polar surface area (TPSA) is 60.5 Å². The van der Waals surface area contributed by atoms with Crippen LogP contribution in [0.5, 0.6) is 5.75 Å². The van der Waals surface area contributed by atoms with Gasteiger partial charge in [0, 0.05) is 41.7 Å². The number of carbonyl (C=O) groups is 1. The lowest BCUT2D eigenvalue weighted by atomic mass is 9.74. The first-order chi connectivity index (χ1) is 16.0. The molecule has 2 heterocycles. The third kappa shape index (κ3) is 6.44. The molecule has 1 aromatic heterocycles. The molecule has 0 bridgehead atoms. The molecule has 0 saturated carbocycles. The highest BCUT2D eigenvalue weighted by atomic mass is 35.5. The van der Waals surface area contributed by atoms with Crippen LogP contribution < -0.4 is 10.1 Å². The van der Waals surface area contributed by atoms with Gasteiger partial charge >= 0.3 is 0 Å². The van der Waals surface area contributed by atoms with Gasteiger partial charge in [0.05, 0.1) is 10.7 Å². The number of nitrogens with one attached hydrogen (secondary N) is 1. The molecule has 1 saturated heterocycles. The Morgan fingerprint density at radius 1 is 1.18 bits per heavy atom. The average molecular weight is 483 g/mol. The normalized spacial score (nSPS) is 15.5. The van der Waals surface area contributed by atoms with Crippen LogP contribution in [0.3, 0.4) is 0 Å². The van der Waals surface area contributed by atoms with E-state index in [0.717, 1.165) is 34.9 Å². The van der Waals surface area contributed by atoms with Crippen molar-refractivity contribution >= 4 is 34.9 Å². The predicted molar refractivity (Wildman–Crippen MR) is 133 cm³/mol. The lowest BCUT2D eigenvalue weighted by molar-refractivity contribution is -0.116. The van der Waals surface area contributed by atoms with E-state index in [2.05, 4.69) is 22.4 Å². The standard InChI is InChI=1S/C26H27ClN2O3S/c1-19-29-23(17-33-19)16-32-24-9-2-20(3-10-24)4-11-25(30)28-18-26(12-14-31-15-13-26)21-5-7-22(27)8-6-21/h2-11,17H,12-16,18H2,1H3,(H,28,30)/b11-4+. The summed E-state index contributed by atoms with van der Waals surface area (Å²) in [6, 6.07) is 15.6. The van der Waals surface area contributed by atoms with Gasteiger partial charge in [0.15, 0.2) is 0 Å². The van der Waals surface area contributed by atoms with Gasteiger partial charge in [0.25, 0.3) is 0 Å². The molecule has 1 aliphatic heterocycles. The van der Waals surface area contributed by atoms with E-state index in [9.17, 15) is 4.79 Å². The van der Waals surface area contributed by atoms with Crippen LogP contribution in [0.25, 0.3) is 6.08 Å². The van der Waals surface area contributed by atoms with Gasteiger partial charge in [-0.05, 0) is 61.2 Å². The summed E-state index contributed by atoms with van der Waals surface area (Å²) in [7, 11) is 0. The number of hydrogen-bond acceptors (Lipinski definition) is 5. The Kier molecular flexibility index (Phi) is 7.81. The maximum absolute atomic E-state index is 12.5. The predicted octanol–water partition coefficient (Wildman–Crippen LogP) is 5.56. The van der Waals surface area contributed by atoms with Crippen LogP contribution in [0.2, 0.25) is 5.02 Å². The number of nitrogens with zero attached hydrogens (tertiary/aromatic N) is 1. The van der Waals surface area contributed by atoms with E-state index < -0.39 is 0 Å². The van der Waals surface area contributed by atoms with Crippen LogP contribution in [-0.4, -0.2) is 30.6 Å². The quantitative estimate of drug-likeness (QED) is 0.427. The van der Waals surface area contributed by atoms with Crippen LogP contribution in [0.15, 0.2) is 60.0 Å². The van der Waals surface area contributed by atoms with Crippen LogP contribution in [-0.2, 0) is 21.6 Å². The molecule has 1 amide bonds. The first kappa shape index (κ1) is 23.5. The second-order valence-electron chi connectivity index (χ2n) is 8.17. The molecule has 5 nitrogen and oxygen atoms in total. The van der Waals surface area contributed by atoms with Crippen molar-refractivity contribution in [3.05, 3.63) is 86.8 Å². The number of benzene rings is 2. The second kappa shape index (κ2) is 11.0. The minimum Gasteiger partial charge on any atom is -0.487 e. The third-order valence-electron chi connectivity index (χ3n) is 5.87. The van der Waals surface area contributed by atoms with Crippen LogP contribution in [0.1, 0.15) is 34.7 Å². The van der Waals surface area contributed by atoms with Gasteiger partial charge < -0.3 is 14.8 Å². The fourth-order valence-electron chi connectivity index (χ4n) is 3.93. The van der Waals surface area contributed by atoms with E-state index in [4.69, 9.17) is 21.1 Å². The number of thiazole rings is 1. The maximum atomic E-state index is 12.5. The van der Waals surface area contributed by atoms with Crippen molar-refractivity contribution in [2.45, 2.75) is 31.8 Å². The summed E-state index contributed by atoms with van der Waals surface area (Å²) in [5.74, 6) is 0.653. The van der Waals surface area contributed by atoms with E-state index in [1.807, 2.05) is 54.8 Å². The zero-order valence-corrected chi connectivity index (χ0v) is 20.1. The summed E-state index contributed by atoms with van der Waals surface area (Å²) in [4.78, 5) is 16.9. The van der Waals surface area contributed by atoms with Crippen LogP contribution >= 0.6 is 22.9 Å². The largest absolute Gasteiger partial charge is 0.487 e. The molecule has 33 heavy (non-hydrogen) atoms. The Balaban J connectivity index is 1.31. The summed E-state index contributed by atoms with van der Waals surface area (Å²) < 4.78 is 11.3. The summed E-state index contributed by atoms with van der Waals surface area (Å²) in [5.41, 5.74) is 2.91. The molecule has 7 heteroatoms. The van der Waals surface area contributed by atoms with Crippen molar-refractivity contribution in [3.63, 3.8) is 0 Å². The highest BCUT2D eigenvalue weighted by Gasteiger charge is 2.34. The van der Waals surface area contributed by atoms with Gasteiger partial charge in [0.2, 0.25) is 5.91 Å². The van der Waals surface area contributed by atoms with Gasteiger partial charge in [-0.2, -0.15) is 0 Å². The highest BCUT2D eigenvalue weighted by Crippen LogP contribution is 2.35. The molecule has 172 valence electrons. The van der Waals surface area contributed by atoms with Crippen molar-refractivity contribution < 1.29 is 14.3 Å². The van der Waals surface area contributed by atoms with Gasteiger partial charge in [-0.1, -0.05) is 35.9 Å². The minimum atomic E-state index is -0.138. The van der Waals surface area contributed by atoms with Crippen molar-refractivity contribution in [1.82, 2.24) is 10.3 Å². The zero-order chi connectivity index (χ0) is 23.1. The fourth-order valence-corrected chi connectivity index (χ4v) is 4.65. The van der Waals surface area contributed by atoms with Crippen molar-refractivity contribution in [2.24, 2.45) is 0 Å². The van der Waals surface area contributed by atoms with Crippen molar-refractivity contribution in [1.29, 1.82) is 0 Å². The fraction of sp³-hybridized carbons (Fsp3) is 0.308. The first-order valence-corrected chi connectivity index (χ1v) is 12.2. The molecular weight excluding hydrogens is 456 g/mol. The molecule has 2 aromatic carbocycles. The van der Waals surface area contributed by atoms with E-state index in [0.29, 0.717) is 31.4 Å². The Labute approximate surface area is 203 Å². The summed E-state index contributed by atoms with van der Waals surface area (Å²) >= 11 is 7.68. The number of ether oxygens (including phenoxy) is 2. The molecule has 1 fully saturated rings. The molecule has 3 aromatic rings. The Morgan fingerprint density at radius 3 is 2.58 bits per heavy atom. The number of rotatable bonds is 8. The smallest absolute Gasteiger partial charge is 0.244 e. The van der Waals surface area contributed by atoms with E-state index in [1.54, 1.807) is 17.4 Å². The number of amides is 1. The second-order valence-corrected chi connectivity index (χ2v) is 9.66. The monoisotopic (exact) mass is 482 g/mol. The Morgan fingerprint density at radius 2 is 1.91 bits per heavy atom. The molecular formula is C26H27ClN2O3S. The lowest BCUT2D eigenvalue weighted by Crippen LogP contribution is -2.44. The molecule has 0 radical (unpaired) electrons. The average Bonchev–Trinajstić information content (AvgIpc) is 3.27. The van der Waals surface area contributed by atoms with E-state index in [1.165, 1.54) is 5.56 Å². The van der Waals surface area contributed by atoms with Crippen LogP contribution in [0, 0.1) is 6.92 Å². The summed E-state index contributed by atoms with van der Waals surface area (Å²) in [6.45, 7) is 4.36. The van der Waals surface area contributed by atoms with Gasteiger partial charge in [-0.15, -0.1) is 11.3 Å². The Hall–Kier alpha value is -2.67. The molecule has 0 aliphatic carbocycles. The number of hydrogen-bond donors (Lipinski definition) is 1. The lowest BCUT2D eigenvalue weighted by Gasteiger charge is -2.37. The minimum absolute atomic E-state index is 0.117. The van der Waals surface area contributed by atoms with Gasteiger partial charge in [-0.3, -0.25) is 4.79 Å².